The predicted octanol–water partition coefficient (Wildman–Crippen LogP) is 7.37. The van der Waals surface area contributed by atoms with Crippen LogP contribution in [-0.2, 0) is 0 Å². The molecule has 0 aromatic rings. The van der Waals surface area contributed by atoms with Gasteiger partial charge in [-0.05, 0) is 123 Å². The number of aliphatic hydroxyl groups excluding tert-OH is 1. The SMILES string of the molecule is CC(C)CC[C@H](O)[C@H](C)[C@@H]1CC[C@H]2[C@@H]3CC[C@H]4C[C@](O)(C(F)(F)F)CC[C@]4(C)[C@H]3CC[C@]12C. The first-order chi connectivity index (χ1) is 15.2. The van der Waals surface area contributed by atoms with Gasteiger partial charge in [-0.1, -0.05) is 34.6 Å². The van der Waals surface area contributed by atoms with Gasteiger partial charge < -0.3 is 10.2 Å². The summed E-state index contributed by atoms with van der Waals surface area (Å²) in [5, 5.41) is 21.4. The van der Waals surface area contributed by atoms with Crippen molar-refractivity contribution in [1.29, 1.82) is 0 Å². The van der Waals surface area contributed by atoms with Crippen molar-refractivity contribution in [2.75, 3.05) is 0 Å². The van der Waals surface area contributed by atoms with Crippen LogP contribution < -0.4 is 0 Å². The van der Waals surface area contributed by atoms with E-state index in [1.807, 2.05) is 0 Å². The van der Waals surface area contributed by atoms with Crippen LogP contribution in [0.4, 0.5) is 13.2 Å². The second-order valence-electron chi connectivity index (χ2n) is 13.5. The van der Waals surface area contributed by atoms with E-state index in [1.54, 1.807) is 0 Å². The maximum atomic E-state index is 13.6. The Kier molecular flexibility index (Phi) is 6.78. The summed E-state index contributed by atoms with van der Waals surface area (Å²) in [6.07, 6.45) is 3.86. The van der Waals surface area contributed by atoms with Gasteiger partial charge in [0.25, 0.3) is 0 Å². The highest BCUT2D eigenvalue weighted by Crippen LogP contribution is 2.69. The highest BCUT2D eigenvalue weighted by molar-refractivity contribution is 5.12. The zero-order valence-electron chi connectivity index (χ0n) is 21.4. The minimum atomic E-state index is -4.53. The van der Waals surface area contributed by atoms with Crippen molar-refractivity contribution in [2.45, 2.75) is 123 Å². The Morgan fingerprint density at radius 3 is 2.15 bits per heavy atom. The van der Waals surface area contributed by atoms with E-state index in [-0.39, 0.29) is 35.7 Å². The lowest BCUT2D eigenvalue weighted by molar-refractivity contribution is -0.290. The van der Waals surface area contributed by atoms with Crippen LogP contribution in [0.2, 0.25) is 0 Å². The predicted molar refractivity (Wildman–Crippen MR) is 125 cm³/mol. The summed E-state index contributed by atoms with van der Waals surface area (Å²) in [4.78, 5) is 0. The summed E-state index contributed by atoms with van der Waals surface area (Å²) in [6.45, 7) is 11.4. The van der Waals surface area contributed by atoms with Gasteiger partial charge in [-0.25, -0.2) is 0 Å². The number of alkyl halides is 3. The summed E-state index contributed by atoms with van der Waals surface area (Å²) in [7, 11) is 0. The van der Waals surface area contributed by atoms with Crippen LogP contribution in [0, 0.1) is 52.3 Å². The van der Waals surface area contributed by atoms with Crippen LogP contribution in [0.15, 0.2) is 0 Å². The van der Waals surface area contributed by atoms with E-state index in [0.717, 1.165) is 38.5 Å². The van der Waals surface area contributed by atoms with E-state index < -0.39 is 11.8 Å². The molecule has 0 aromatic carbocycles. The zero-order chi connectivity index (χ0) is 24.4. The fourth-order valence-electron chi connectivity index (χ4n) is 9.44. The molecule has 10 atom stereocenters. The van der Waals surface area contributed by atoms with E-state index >= 15 is 0 Å². The number of halogens is 3. The molecular formula is C28H47F3O2. The molecule has 0 bridgehead atoms. The van der Waals surface area contributed by atoms with E-state index in [9.17, 15) is 23.4 Å². The van der Waals surface area contributed by atoms with E-state index in [2.05, 4.69) is 34.6 Å². The van der Waals surface area contributed by atoms with Gasteiger partial charge in [0.1, 0.15) is 0 Å². The molecule has 0 heterocycles. The topological polar surface area (TPSA) is 40.5 Å². The number of rotatable bonds is 5. The summed E-state index contributed by atoms with van der Waals surface area (Å²) in [6, 6.07) is 0. The first-order valence-electron chi connectivity index (χ1n) is 13.7. The molecule has 4 aliphatic rings. The first kappa shape index (κ1) is 25.8. The minimum Gasteiger partial charge on any atom is -0.393 e. The molecule has 2 nitrogen and oxygen atoms in total. The molecule has 4 fully saturated rings. The summed E-state index contributed by atoms with van der Waals surface area (Å²) in [5.74, 6) is 3.12. The van der Waals surface area contributed by atoms with Crippen molar-refractivity contribution in [3.8, 4) is 0 Å². The van der Waals surface area contributed by atoms with Gasteiger partial charge >= 0.3 is 6.18 Å². The van der Waals surface area contributed by atoms with E-state index in [4.69, 9.17) is 0 Å². The molecule has 0 aliphatic heterocycles. The average Bonchev–Trinajstić information content (AvgIpc) is 3.08. The molecular weight excluding hydrogens is 425 g/mol. The lowest BCUT2D eigenvalue weighted by Gasteiger charge is -2.62. The van der Waals surface area contributed by atoms with Gasteiger partial charge in [0.15, 0.2) is 5.60 Å². The van der Waals surface area contributed by atoms with Crippen LogP contribution in [0.1, 0.15) is 105 Å². The van der Waals surface area contributed by atoms with Gasteiger partial charge in [-0.2, -0.15) is 13.2 Å². The summed E-state index contributed by atoms with van der Waals surface area (Å²) >= 11 is 0. The lowest BCUT2D eigenvalue weighted by Crippen LogP contribution is -2.59. The summed E-state index contributed by atoms with van der Waals surface area (Å²) in [5.41, 5.74) is -2.33. The van der Waals surface area contributed by atoms with Crippen molar-refractivity contribution in [3.63, 3.8) is 0 Å². The molecule has 2 N–H and O–H groups in total. The average molecular weight is 473 g/mol. The fourth-order valence-corrected chi connectivity index (χ4v) is 9.44. The van der Waals surface area contributed by atoms with Crippen LogP contribution in [0.5, 0.6) is 0 Å². The molecule has 5 heteroatoms. The quantitative estimate of drug-likeness (QED) is 0.438. The normalized spacial score (nSPS) is 47.5. The minimum absolute atomic E-state index is 0.0301. The molecule has 4 aliphatic carbocycles. The maximum Gasteiger partial charge on any atom is 0.417 e. The van der Waals surface area contributed by atoms with Crippen molar-refractivity contribution in [1.82, 2.24) is 0 Å². The second kappa shape index (κ2) is 8.68. The molecule has 33 heavy (non-hydrogen) atoms. The molecule has 4 saturated carbocycles. The molecule has 0 saturated heterocycles. The number of hydrogen-bond acceptors (Lipinski definition) is 2. The first-order valence-corrected chi connectivity index (χ1v) is 13.7. The smallest absolute Gasteiger partial charge is 0.393 e. The van der Waals surface area contributed by atoms with E-state index in [0.29, 0.717) is 41.9 Å². The van der Waals surface area contributed by atoms with Crippen LogP contribution in [-0.4, -0.2) is 28.1 Å². The Morgan fingerprint density at radius 2 is 1.52 bits per heavy atom. The molecule has 4 rings (SSSR count). The maximum absolute atomic E-state index is 13.6. The van der Waals surface area contributed by atoms with Crippen LogP contribution in [0.3, 0.4) is 0 Å². The second-order valence-corrected chi connectivity index (χ2v) is 13.5. The largest absolute Gasteiger partial charge is 0.417 e. The number of aliphatic hydroxyl groups is 2. The monoisotopic (exact) mass is 472 g/mol. The third kappa shape index (κ3) is 4.19. The Labute approximate surface area is 199 Å². The zero-order valence-corrected chi connectivity index (χ0v) is 21.4. The lowest BCUT2D eigenvalue weighted by atomic mass is 9.43. The molecule has 0 spiro atoms. The Bertz CT molecular complexity index is 708. The Balaban J connectivity index is 1.49. The molecule has 192 valence electrons. The molecule has 0 amide bonds. The Hall–Kier alpha value is -0.290. The Morgan fingerprint density at radius 1 is 0.848 bits per heavy atom. The molecule has 0 aromatic heterocycles. The van der Waals surface area contributed by atoms with Gasteiger partial charge in [0.05, 0.1) is 6.10 Å². The van der Waals surface area contributed by atoms with Crippen LogP contribution in [0.25, 0.3) is 0 Å². The number of fused-ring (bicyclic) bond motifs is 5. The van der Waals surface area contributed by atoms with Crippen molar-refractivity contribution in [2.24, 2.45) is 52.3 Å². The standard InChI is InChI=1S/C28H47F3O2/c1-17(2)6-11-24(32)18(3)21-9-10-22-20-8-7-19-16-27(33,28(29,30)31)15-14-25(19,4)23(20)12-13-26(21,22)5/h17-24,32-33H,6-16H2,1-5H3/t18-,19+,20+,21+,22+,23+,24+,25+,26-,27+/m1/s1. The van der Waals surface area contributed by atoms with Gasteiger partial charge in [-0.15, -0.1) is 0 Å². The third-order valence-corrected chi connectivity index (χ3v) is 11.6. The van der Waals surface area contributed by atoms with Crippen molar-refractivity contribution >= 4 is 0 Å². The van der Waals surface area contributed by atoms with E-state index in [1.165, 1.54) is 12.8 Å². The van der Waals surface area contributed by atoms with Crippen molar-refractivity contribution in [3.05, 3.63) is 0 Å². The molecule has 0 radical (unpaired) electrons. The van der Waals surface area contributed by atoms with Crippen LogP contribution >= 0.6 is 0 Å². The van der Waals surface area contributed by atoms with Crippen molar-refractivity contribution < 1.29 is 23.4 Å². The molecule has 0 unspecified atom stereocenters. The summed E-state index contributed by atoms with van der Waals surface area (Å²) < 4.78 is 40.7. The highest BCUT2D eigenvalue weighted by Gasteiger charge is 2.65. The van der Waals surface area contributed by atoms with Gasteiger partial charge in [-0.3, -0.25) is 0 Å². The van der Waals surface area contributed by atoms with Gasteiger partial charge in [0.2, 0.25) is 0 Å². The number of hydrogen-bond donors (Lipinski definition) is 2. The highest BCUT2D eigenvalue weighted by atomic mass is 19.4. The fraction of sp³-hybridized carbons (Fsp3) is 1.00. The van der Waals surface area contributed by atoms with Gasteiger partial charge in [0, 0.05) is 0 Å². The third-order valence-electron chi connectivity index (χ3n) is 11.6.